The molecule has 0 spiro atoms. The molecule has 106 valence electrons. The first-order valence-corrected chi connectivity index (χ1v) is 6.93. The van der Waals surface area contributed by atoms with E-state index in [1.165, 1.54) is 22.8 Å². The second kappa shape index (κ2) is 5.58. The molecule has 0 N–H and O–H groups in total. The number of hydrogen-bond acceptors (Lipinski definition) is 5. The molecule has 1 aromatic heterocycles. The number of anilines is 1. The van der Waals surface area contributed by atoms with Crippen molar-refractivity contribution in [2.24, 2.45) is 0 Å². The normalized spacial score (nSPS) is 10.6. The molecule has 20 heavy (non-hydrogen) atoms. The van der Waals surface area contributed by atoms with Crippen LogP contribution in [0.2, 0.25) is 0 Å². The van der Waals surface area contributed by atoms with Gasteiger partial charge in [-0.1, -0.05) is 0 Å². The number of fused-ring (bicyclic) bond motifs is 1. The number of rotatable bonds is 3. The summed E-state index contributed by atoms with van der Waals surface area (Å²) in [7, 11) is 3.44. The maximum absolute atomic E-state index is 13.9. The fourth-order valence-electron chi connectivity index (χ4n) is 1.83. The Balaban J connectivity index is 2.66. The monoisotopic (exact) mass is 295 g/mol. The van der Waals surface area contributed by atoms with Gasteiger partial charge in [-0.15, -0.1) is 11.3 Å². The van der Waals surface area contributed by atoms with Crippen LogP contribution in [0.25, 0.3) is 10.1 Å². The standard InChI is InChI=1S/C14H14FNO3S/c1-4-19-14(18)9-7-20-12-6-11(16(2)3)10(15)5-8(12)13(9)17/h5-7H,4H2,1-3H3. The van der Waals surface area contributed by atoms with Crippen LogP contribution < -0.4 is 10.3 Å². The smallest absolute Gasteiger partial charge is 0.342 e. The Bertz CT molecular complexity index is 724. The van der Waals surface area contributed by atoms with Gasteiger partial charge in [0.1, 0.15) is 11.4 Å². The first kappa shape index (κ1) is 14.5. The highest BCUT2D eigenvalue weighted by molar-refractivity contribution is 7.16. The summed E-state index contributed by atoms with van der Waals surface area (Å²) < 4.78 is 19.4. The molecule has 0 radical (unpaired) electrons. The van der Waals surface area contributed by atoms with Crippen LogP contribution in [0.15, 0.2) is 22.3 Å². The van der Waals surface area contributed by atoms with Crippen LogP contribution in [0.1, 0.15) is 17.3 Å². The van der Waals surface area contributed by atoms with E-state index in [-0.39, 0.29) is 17.6 Å². The van der Waals surface area contributed by atoms with Crippen molar-refractivity contribution in [3.63, 3.8) is 0 Å². The van der Waals surface area contributed by atoms with E-state index in [1.807, 2.05) is 0 Å². The SMILES string of the molecule is CCOC(=O)c1csc2cc(N(C)C)c(F)cc2c1=O. The van der Waals surface area contributed by atoms with E-state index in [2.05, 4.69) is 0 Å². The van der Waals surface area contributed by atoms with Gasteiger partial charge < -0.3 is 9.64 Å². The van der Waals surface area contributed by atoms with Gasteiger partial charge in [-0.3, -0.25) is 4.79 Å². The van der Waals surface area contributed by atoms with Crippen molar-refractivity contribution in [2.75, 3.05) is 25.6 Å². The zero-order chi connectivity index (χ0) is 14.9. The Labute approximate surface area is 119 Å². The van der Waals surface area contributed by atoms with Gasteiger partial charge in [0.25, 0.3) is 0 Å². The van der Waals surface area contributed by atoms with Gasteiger partial charge in [-0.2, -0.15) is 0 Å². The van der Waals surface area contributed by atoms with E-state index in [4.69, 9.17) is 4.74 Å². The molecule has 0 aliphatic heterocycles. The lowest BCUT2D eigenvalue weighted by atomic mass is 10.1. The van der Waals surface area contributed by atoms with Crippen LogP contribution >= 0.6 is 11.3 Å². The number of esters is 1. The van der Waals surface area contributed by atoms with Crippen LogP contribution in [-0.2, 0) is 4.74 Å². The largest absolute Gasteiger partial charge is 0.462 e. The van der Waals surface area contributed by atoms with E-state index >= 15 is 0 Å². The molecule has 0 atom stereocenters. The minimum Gasteiger partial charge on any atom is -0.462 e. The third-order valence-electron chi connectivity index (χ3n) is 2.82. The summed E-state index contributed by atoms with van der Waals surface area (Å²) in [6.45, 7) is 1.85. The third kappa shape index (κ3) is 2.51. The van der Waals surface area contributed by atoms with Gasteiger partial charge in [0, 0.05) is 29.6 Å². The number of carbonyl (C=O) groups is 1. The third-order valence-corrected chi connectivity index (χ3v) is 3.76. The fraction of sp³-hybridized carbons (Fsp3) is 0.286. The lowest BCUT2D eigenvalue weighted by Gasteiger charge is -2.14. The lowest BCUT2D eigenvalue weighted by molar-refractivity contribution is 0.0525. The van der Waals surface area contributed by atoms with E-state index in [0.717, 1.165) is 0 Å². The summed E-state index contributed by atoms with van der Waals surface area (Å²) in [5.41, 5.74) is -0.153. The number of hydrogen-bond donors (Lipinski definition) is 0. The first-order valence-electron chi connectivity index (χ1n) is 6.05. The number of nitrogens with zero attached hydrogens (tertiary/aromatic N) is 1. The van der Waals surface area contributed by atoms with Gasteiger partial charge in [-0.25, -0.2) is 9.18 Å². The molecule has 6 heteroatoms. The molecule has 0 saturated heterocycles. The molecular weight excluding hydrogens is 281 g/mol. The van der Waals surface area contributed by atoms with Crippen molar-refractivity contribution in [1.29, 1.82) is 0 Å². The van der Waals surface area contributed by atoms with Gasteiger partial charge in [0.05, 0.1) is 12.3 Å². The summed E-state index contributed by atoms with van der Waals surface area (Å²) in [4.78, 5) is 25.5. The van der Waals surface area contributed by atoms with Crippen LogP contribution in [-0.4, -0.2) is 26.7 Å². The number of carbonyl (C=O) groups excluding carboxylic acids is 1. The maximum Gasteiger partial charge on any atom is 0.342 e. The van der Waals surface area contributed by atoms with E-state index in [1.54, 1.807) is 32.0 Å². The molecule has 0 saturated carbocycles. The molecule has 4 nitrogen and oxygen atoms in total. The van der Waals surface area contributed by atoms with Crippen molar-refractivity contribution in [2.45, 2.75) is 6.92 Å². The van der Waals surface area contributed by atoms with Crippen LogP contribution in [0.4, 0.5) is 10.1 Å². The molecule has 0 aliphatic rings. The number of benzene rings is 1. The lowest BCUT2D eigenvalue weighted by Crippen LogP contribution is -2.17. The molecule has 0 bridgehead atoms. The first-order chi connectivity index (χ1) is 9.45. The fourth-order valence-corrected chi connectivity index (χ4v) is 2.74. The second-order valence-electron chi connectivity index (χ2n) is 4.39. The predicted molar refractivity (Wildman–Crippen MR) is 78.3 cm³/mol. The molecule has 0 unspecified atom stereocenters. The van der Waals surface area contributed by atoms with Crippen molar-refractivity contribution in [1.82, 2.24) is 0 Å². The van der Waals surface area contributed by atoms with E-state index in [9.17, 15) is 14.0 Å². The summed E-state index contributed by atoms with van der Waals surface area (Å²) in [6.07, 6.45) is 0. The van der Waals surface area contributed by atoms with Crippen LogP contribution in [0.5, 0.6) is 0 Å². The zero-order valence-electron chi connectivity index (χ0n) is 11.4. The summed E-state index contributed by atoms with van der Waals surface area (Å²) >= 11 is 1.22. The molecular formula is C14H14FNO3S. The van der Waals surface area contributed by atoms with Gasteiger partial charge in [-0.05, 0) is 19.1 Å². The minimum atomic E-state index is -0.673. The summed E-state index contributed by atoms with van der Waals surface area (Å²) in [5.74, 6) is -1.17. The molecule has 1 aromatic carbocycles. The minimum absolute atomic E-state index is 0.0543. The van der Waals surface area contributed by atoms with Crippen molar-refractivity contribution in [3.8, 4) is 0 Å². The zero-order valence-corrected chi connectivity index (χ0v) is 12.2. The maximum atomic E-state index is 13.9. The molecule has 2 aromatic rings. The van der Waals surface area contributed by atoms with Crippen molar-refractivity contribution in [3.05, 3.63) is 39.1 Å². The summed E-state index contributed by atoms with van der Waals surface area (Å²) in [5, 5.41) is 1.66. The molecule has 2 rings (SSSR count). The Morgan fingerprint density at radius 1 is 1.40 bits per heavy atom. The Morgan fingerprint density at radius 2 is 2.10 bits per heavy atom. The van der Waals surface area contributed by atoms with Gasteiger partial charge >= 0.3 is 5.97 Å². The van der Waals surface area contributed by atoms with Crippen molar-refractivity contribution < 1.29 is 13.9 Å². The van der Waals surface area contributed by atoms with E-state index < -0.39 is 17.2 Å². The second-order valence-corrected chi connectivity index (χ2v) is 5.30. The van der Waals surface area contributed by atoms with Crippen LogP contribution in [0.3, 0.4) is 0 Å². The highest BCUT2D eigenvalue weighted by Crippen LogP contribution is 2.26. The molecule has 0 aliphatic carbocycles. The Morgan fingerprint density at radius 3 is 2.70 bits per heavy atom. The number of ether oxygens (including phenoxy) is 1. The average Bonchev–Trinajstić information content (AvgIpc) is 2.39. The van der Waals surface area contributed by atoms with Gasteiger partial charge in [0.15, 0.2) is 0 Å². The van der Waals surface area contributed by atoms with E-state index in [0.29, 0.717) is 10.4 Å². The van der Waals surface area contributed by atoms with Crippen LogP contribution in [0, 0.1) is 5.82 Å². The summed E-state index contributed by atoms with van der Waals surface area (Å²) in [6, 6.07) is 2.78. The molecule has 0 amide bonds. The topological polar surface area (TPSA) is 46.6 Å². The highest BCUT2D eigenvalue weighted by Gasteiger charge is 2.16. The highest BCUT2D eigenvalue weighted by atomic mass is 32.1. The Hall–Kier alpha value is -1.95. The van der Waals surface area contributed by atoms with Crippen molar-refractivity contribution >= 4 is 33.1 Å². The Kier molecular flexibility index (Phi) is 4.04. The predicted octanol–water partition coefficient (Wildman–Crippen LogP) is 2.64. The average molecular weight is 295 g/mol. The molecule has 0 fully saturated rings. The quantitative estimate of drug-likeness (QED) is 0.817. The molecule has 1 heterocycles. The number of halogens is 1. The van der Waals surface area contributed by atoms with Gasteiger partial charge in [0.2, 0.25) is 5.43 Å².